The van der Waals surface area contributed by atoms with Gasteiger partial charge in [-0.15, -0.1) is 4.40 Å². The number of hydrogen-bond donors (Lipinski definition) is 1. The molecule has 1 aromatic carbocycles. The predicted molar refractivity (Wildman–Crippen MR) is 115 cm³/mol. The number of pyridine rings is 1. The minimum atomic E-state index is -3.72. The number of sulfonamides is 1. The van der Waals surface area contributed by atoms with Gasteiger partial charge in [-0.3, -0.25) is 4.79 Å². The summed E-state index contributed by atoms with van der Waals surface area (Å²) in [5, 5.41) is 2.94. The molecule has 30 heavy (non-hydrogen) atoms. The quantitative estimate of drug-likeness (QED) is 0.611. The van der Waals surface area contributed by atoms with Crippen molar-refractivity contribution in [2.45, 2.75) is 30.3 Å². The molecular weight excluding hydrogens is 470 g/mol. The van der Waals surface area contributed by atoms with Crippen LogP contribution in [0.15, 0.2) is 62.6 Å². The Balaban J connectivity index is 1.34. The number of amidine groups is 1. The molecule has 1 atom stereocenters. The topological polar surface area (TPSA) is 96.1 Å². The van der Waals surface area contributed by atoms with Crippen LogP contribution in [0.25, 0.3) is 5.65 Å². The van der Waals surface area contributed by atoms with E-state index in [1.165, 1.54) is 0 Å². The van der Waals surface area contributed by atoms with Gasteiger partial charge in [0.05, 0.1) is 12.2 Å². The molecule has 2 aliphatic heterocycles. The average molecular weight is 488 g/mol. The van der Waals surface area contributed by atoms with Crippen LogP contribution >= 0.6 is 15.9 Å². The standard InChI is InChI=1S/C20H18BrN5O3S/c21-13-7-8-18-23-14(12-25(18)11-13)10-22-20(27)16-5-3-9-26(16)19-15-4-1-2-6-17(15)30(28,29)24-19/h1-2,4,6-8,11-12,16H,3,5,9-10H2,(H,22,27)/t16-/m0/s1. The second-order valence-electron chi connectivity index (χ2n) is 7.30. The smallest absolute Gasteiger partial charge is 0.285 e. The number of carbonyl (C=O) groups excluding carboxylic acids is 1. The Bertz CT molecular complexity index is 1300. The summed E-state index contributed by atoms with van der Waals surface area (Å²) >= 11 is 3.43. The first kappa shape index (κ1) is 19.3. The highest BCUT2D eigenvalue weighted by molar-refractivity contribution is 9.10. The third kappa shape index (κ3) is 3.29. The second-order valence-corrected chi connectivity index (χ2v) is 9.79. The fourth-order valence-electron chi connectivity index (χ4n) is 3.99. The Morgan fingerprint density at radius 3 is 2.90 bits per heavy atom. The van der Waals surface area contributed by atoms with Gasteiger partial charge in [-0.25, -0.2) is 4.98 Å². The molecule has 2 aliphatic rings. The summed E-state index contributed by atoms with van der Waals surface area (Å²) in [4.78, 5) is 19.4. The number of aromatic nitrogens is 2. The van der Waals surface area contributed by atoms with Crippen LogP contribution in [0.5, 0.6) is 0 Å². The zero-order valence-corrected chi connectivity index (χ0v) is 18.2. The van der Waals surface area contributed by atoms with Crippen molar-refractivity contribution in [2.75, 3.05) is 6.54 Å². The van der Waals surface area contributed by atoms with Gasteiger partial charge in [0.25, 0.3) is 10.0 Å². The molecule has 0 saturated carbocycles. The molecule has 4 heterocycles. The number of imidazole rings is 1. The average Bonchev–Trinajstić information content (AvgIpc) is 3.42. The number of rotatable bonds is 3. The van der Waals surface area contributed by atoms with Crippen molar-refractivity contribution in [3.8, 4) is 0 Å². The van der Waals surface area contributed by atoms with Crippen LogP contribution in [0.1, 0.15) is 24.1 Å². The predicted octanol–water partition coefficient (Wildman–Crippen LogP) is 2.33. The molecule has 1 fully saturated rings. The first-order valence-electron chi connectivity index (χ1n) is 9.54. The number of hydrogen-bond acceptors (Lipinski definition) is 5. The highest BCUT2D eigenvalue weighted by Crippen LogP contribution is 2.31. The number of carbonyl (C=O) groups is 1. The Labute approximate surface area is 181 Å². The monoisotopic (exact) mass is 487 g/mol. The van der Waals surface area contributed by atoms with Crippen molar-refractivity contribution < 1.29 is 13.2 Å². The molecule has 1 amide bonds. The molecule has 3 aromatic rings. The van der Waals surface area contributed by atoms with Crippen LogP contribution in [-0.2, 0) is 21.4 Å². The minimum absolute atomic E-state index is 0.157. The third-order valence-electron chi connectivity index (χ3n) is 5.35. The number of amides is 1. The number of nitrogens with one attached hydrogen (secondary N) is 1. The zero-order valence-electron chi connectivity index (χ0n) is 15.8. The summed E-state index contributed by atoms with van der Waals surface area (Å²) < 4.78 is 31.6. The van der Waals surface area contributed by atoms with Crippen molar-refractivity contribution in [3.05, 3.63) is 64.5 Å². The number of fused-ring (bicyclic) bond motifs is 2. The zero-order chi connectivity index (χ0) is 20.9. The molecule has 0 radical (unpaired) electrons. The molecule has 1 N–H and O–H groups in total. The van der Waals surface area contributed by atoms with Gasteiger partial charge in [0, 0.05) is 29.0 Å². The molecule has 154 valence electrons. The summed E-state index contributed by atoms with van der Waals surface area (Å²) in [7, 11) is -3.72. The van der Waals surface area contributed by atoms with Crippen LogP contribution < -0.4 is 5.32 Å². The van der Waals surface area contributed by atoms with E-state index in [0.717, 1.165) is 22.2 Å². The van der Waals surface area contributed by atoms with E-state index in [0.29, 0.717) is 30.9 Å². The van der Waals surface area contributed by atoms with E-state index < -0.39 is 16.1 Å². The molecule has 10 heteroatoms. The van der Waals surface area contributed by atoms with E-state index in [2.05, 4.69) is 30.6 Å². The minimum Gasteiger partial charge on any atom is -0.349 e. The van der Waals surface area contributed by atoms with Crippen LogP contribution in [0.3, 0.4) is 0 Å². The summed E-state index contributed by atoms with van der Waals surface area (Å²) in [6.45, 7) is 0.882. The summed E-state index contributed by atoms with van der Waals surface area (Å²) in [5.74, 6) is 0.205. The third-order valence-corrected chi connectivity index (χ3v) is 7.14. The SMILES string of the molecule is O=C(NCc1cn2cc(Br)ccc2n1)[C@@H]1CCCN1C1=NS(=O)(=O)c2ccccc21. The highest BCUT2D eigenvalue weighted by Gasteiger charge is 2.39. The van der Waals surface area contributed by atoms with Gasteiger partial charge < -0.3 is 14.6 Å². The lowest BCUT2D eigenvalue weighted by molar-refractivity contribution is -0.124. The lowest BCUT2D eigenvalue weighted by Gasteiger charge is -2.25. The van der Waals surface area contributed by atoms with E-state index in [-0.39, 0.29) is 10.8 Å². The molecule has 2 aromatic heterocycles. The fourth-order valence-corrected chi connectivity index (χ4v) is 5.56. The Hall–Kier alpha value is -2.72. The van der Waals surface area contributed by atoms with Crippen molar-refractivity contribution in [3.63, 3.8) is 0 Å². The summed E-state index contributed by atoms with van der Waals surface area (Å²) in [5.41, 5.74) is 2.10. The maximum absolute atomic E-state index is 12.9. The normalized spacial score (nSPS) is 19.7. The second kappa shape index (κ2) is 7.21. The molecule has 0 bridgehead atoms. The number of benzene rings is 1. The first-order chi connectivity index (χ1) is 14.4. The molecule has 0 spiro atoms. The molecule has 5 rings (SSSR count). The van der Waals surface area contributed by atoms with Crippen molar-refractivity contribution >= 4 is 43.3 Å². The largest absolute Gasteiger partial charge is 0.349 e. The van der Waals surface area contributed by atoms with Gasteiger partial charge >= 0.3 is 0 Å². The van der Waals surface area contributed by atoms with Gasteiger partial charge in [0.15, 0.2) is 5.84 Å². The first-order valence-corrected chi connectivity index (χ1v) is 11.8. The van der Waals surface area contributed by atoms with Gasteiger partial charge in [0.1, 0.15) is 16.6 Å². The van der Waals surface area contributed by atoms with Crippen LogP contribution in [0.2, 0.25) is 0 Å². The van der Waals surface area contributed by atoms with E-state index in [1.807, 2.05) is 28.9 Å². The van der Waals surface area contributed by atoms with Crippen molar-refractivity contribution in [1.82, 2.24) is 19.6 Å². The number of likely N-dealkylation sites (tertiary alicyclic amines) is 1. The molecule has 1 saturated heterocycles. The van der Waals surface area contributed by atoms with E-state index in [1.54, 1.807) is 29.2 Å². The molecular formula is C20H18BrN5O3S. The number of nitrogens with zero attached hydrogens (tertiary/aromatic N) is 4. The number of halogens is 1. The Morgan fingerprint density at radius 2 is 2.03 bits per heavy atom. The van der Waals surface area contributed by atoms with Crippen LogP contribution in [0.4, 0.5) is 0 Å². The Kier molecular flexibility index (Phi) is 4.62. The van der Waals surface area contributed by atoms with E-state index in [9.17, 15) is 13.2 Å². The maximum Gasteiger partial charge on any atom is 0.285 e. The van der Waals surface area contributed by atoms with Gasteiger partial charge in [-0.2, -0.15) is 8.42 Å². The van der Waals surface area contributed by atoms with Gasteiger partial charge in [0.2, 0.25) is 5.91 Å². The summed E-state index contributed by atoms with van der Waals surface area (Å²) in [6, 6.07) is 10.1. The lowest BCUT2D eigenvalue weighted by Crippen LogP contribution is -2.45. The Morgan fingerprint density at radius 1 is 1.20 bits per heavy atom. The molecule has 0 unspecified atom stereocenters. The highest BCUT2D eigenvalue weighted by atomic mass is 79.9. The molecule has 8 nitrogen and oxygen atoms in total. The van der Waals surface area contributed by atoms with Crippen molar-refractivity contribution in [2.24, 2.45) is 4.40 Å². The van der Waals surface area contributed by atoms with Crippen molar-refractivity contribution in [1.29, 1.82) is 0 Å². The van der Waals surface area contributed by atoms with E-state index >= 15 is 0 Å². The van der Waals surface area contributed by atoms with Crippen LogP contribution in [0, 0.1) is 0 Å². The van der Waals surface area contributed by atoms with E-state index in [4.69, 9.17) is 0 Å². The lowest BCUT2D eigenvalue weighted by atomic mass is 10.1. The molecule has 0 aliphatic carbocycles. The van der Waals surface area contributed by atoms with Gasteiger partial charge in [-0.05, 0) is 53.0 Å². The fraction of sp³-hybridized carbons (Fsp3) is 0.250. The summed E-state index contributed by atoms with van der Waals surface area (Å²) in [6.07, 6.45) is 5.21. The maximum atomic E-state index is 12.9. The van der Waals surface area contributed by atoms with Gasteiger partial charge in [-0.1, -0.05) is 12.1 Å². The van der Waals surface area contributed by atoms with Crippen LogP contribution in [-0.4, -0.2) is 47.0 Å².